The zero-order valence-electron chi connectivity index (χ0n) is 14.4. The summed E-state index contributed by atoms with van der Waals surface area (Å²) in [5.41, 5.74) is 1.92. The van der Waals surface area contributed by atoms with Crippen LogP contribution in [0.5, 0.6) is 0 Å². The van der Waals surface area contributed by atoms with Gasteiger partial charge < -0.3 is 14.7 Å². The number of nitrogens with zero attached hydrogens (tertiary/aromatic N) is 2. The standard InChI is InChI=1S/C18H28N2O3/c1-18(2,22)9-8-15-4-6-16(7-5-15)14-19-10-12-20(13-11-19)17(21)23-3/h4-7,22H,8-14H2,1-3H3. The van der Waals surface area contributed by atoms with Crippen molar-refractivity contribution in [2.45, 2.75) is 38.8 Å². The molecule has 1 fully saturated rings. The van der Waals surface area contributed by atoms with Crippen LogP contribution in [-0.4, -0.2) is 59.9 Å². The van der Waals surface area contributed by atoms with E-state index in [-0.39, 0.29) is 6.09 Å². The van der Waals surface area contributed by atoms with Crippen LogP contribution in [0.15, 0.2) is 24.3 Å². The number of piperazine rings is 1. The minimum absolute atomic E-state index is 0.235. The molecule has 128 valence electrons. The lowest BCUT2D eigenvalue weighted by atomic mass is 9.98. The fourth-order valence-corrected chi connectivity index (χ4v) is 2.74. The second-order valence-electron chi connectivity index (χ2n) is 6.86. The number of hydrogen-bond donors (Lipinski definition) is 1. The molecule has 1 N–H and O–H groups in total. The maximum absolute atomic E-state index is 11.5. The average Bonchev–Trinajstić information content (AvgIpc) is 2.53. The number of methoxy groups -OCH3 is 1. The molecule has 1 aliphatic heterocycles. The Hall–Kier alpha value is -1.59. The number of ether oxygens (including phenoxy) is 1. The number of carbonyl (C=O) groups is 1. The molecule has 0 saturated carbocycles. The van der Waals surface area contributed by atoms with Crippen LogP contribution >= 0.6 is 0 Å². The van der Waals surface area contributed by atoms with Crippen LogP contribution in [0, 0.1) is 0 Å². The number of benzene rings is 1. The highest BCUT2D eigenvalue weighted by molar-refractivity contribution is 5.67. The molecular formula is C18H28N2O3. The van der Waals surface area contributed by atoms with Gasteiger partial charge in [-0.25, -0.2) is 4.79 Å². The number of rotatable bonds is 5. The molecule has 1 aromatic rings. The second kappa shape index (κ2) is 7.79. The molecule has 0 aliphatic carbocycles. The van der Waals surface area contributed by atoms with Crippen LogP contribution in [0.25, 0.3) is 0 Å². The Bertz CT molecular complexity index is 500. The lowest BCUT2D eigenvalue weighted by Gasteiger charge is -2.33. The first-order valence-electron chi connectivity index (χ1n) is 8.23. The van der Waals surface area contributed by atoms with Crippen molar-refractivity contribution in [2.75, 3.05) is 33.3 Å². The van der Waals surface area contributed by atoms with Crippen molar-refractivity contribution < 1.29 is 14.6 Å². The van der Waals surface area contributed by atoms with E-state index in [1.165, 1.54) is 18.2 Å². The quantitative estimate of drug-likeness (QED) is 0.904. The van der Waals surface area contributed by atoms with Gasteiger partial charge >= 0.3 is 6.09 Å². The van der Waals surface area contributed by atoms with Gasteiger partial charge in [0, 0.05) is 32.7 Å². The topological polar surface area (TPSA) is 53.0 Å². The maximum Gasteiger partial charge on any atom is 0.409 e. The predicted molar refractivity (Wildman–Crippen MR) is 90.3 cm³/mol. The van der Waals surface area contributed by atoms with Gasteiger partial charge in [-0.1, -0.05) is 24.3 Å². The van der Waals surface area contributed by atoms with E-state index < -0.39 is 5.60 Å². The van der Waals surface area contributed by atoms with E-state index in [0.29, 0.717) is 0 Å². The van der Waals surface area contributed by atoms with E-state index in [1.54, 1.807) is 4.90 Å². The van der Waals surface area contributed by atoms with Gasteiger partial charge in [-0.3, -0.25) is 4.90 Å². The van der Waals surface area contributed by atoms with Crippen LogP contribution in [-0.2, 0) is 17.7 Å². The van der Waals surface area contributed by atoms with E-state index in [4.69, 9.17) is 4.74 Å². The fourth-order valence-electron chi connectivity index (χ4n) is 2.74. The van der Waals surface area contributed by atoms with Crippen molar-refractivity contribution >= 4 is 6.09 Å². The molecule has 2 rings (SSSR count). The zero-order valence-corrected chi connectivity index (χ0v) is 14.4. The summed E-state index contributed by atoms with van der Waals surface area (Å²) >= 11 is 0. The van der Waals surface area contributed by atoms with Crippen molar-refractivity contribution in [1.29, 1.82) is 0 Å². The summed E-state index contributed by atoms with van der Waals surface area (Å²) in [4.78, 5) is 15.6. The van der Waals surface area contributed by atoms with Gasteiger partial charge in [0.15, 0.2) is 0 Å². The Balaban J connectivity index is 1.79. The van der Waals surface area contributed by atoms with Crippen molar-refractivity contribution in [1.82, 2.24) is 9.80 Å². The summed E-state index contributed by atoms with van der Waals surface area (Å²) in [6, 6.07) is 8.61. The lowest BCUT2D eigenvalue weighted by molar-refractivity contribution is 0.0714. The SMILES string of the molecule is COC(=O)N1CCN(Cc2ccc(CCC(C)(C)O)cc2)CC1. The third-order valence-electron chi connectivity index (χ3n) is 4.26. The number of aliphatic hydroxyl groups is 1. The summed E-state index contributed by atoms with van der Waals surface area (Å²) in [7, 11) is 1.42. The molecule has 1 aliphatic rings. The minimum Gasteiger partial charge on any atom is -0.453 e. The molecule has 0 atom stereocenters. The van der Waals surface area contributed by atoms with Gasteiger partial charge in [-0.2, -0.15) is 0 Å². The van der Waals surface area contributed by atoms with Gasteiger partial charge in [0.25, 0.3) is 0 Å². The molecule has 1 amide bonds. The molecule has 0 radical (unpaired) electrons. The number of carbonyl (C=O) groups excluding carboxylic acids is 1. The molecule has 0 bridgehead atoms. The van der Waals surface area contributed by atoms with Gasteiger partial charge in [0.1, 0.15) is 0 Å². The number of amides is 1. The molecule has 1 saturated heterocycles. The number of hydrogen-bond acceptors (Lipinski definition) is 4. The van der Waals surface area contributed by atoms with Crippen LogP contribution < -0.4 is 0 Å². The van der Waals surface area contributed by atoms with Crippen molar-refractivity contribution in [2.24, 2.45) is 0 Å². The Morgan fingerprint density at radius 2 is 1.70 bits per heavy atom. The highest BCUT2D eigenvalue weighted by Gasteiger charge is 2.21. The third kappa shape index (κ3) is 5.84. The van der Waals surface area contributed by atoms with Gasteiger partial charge in [-0.05, 0) is 37.8 Å². The van der Waals surface area contributed by atoms with Gasteiger partial charge in [0.2, 0.25) is 0 Å². The van der Waals surface area contributed by atoms with Crippen molar-refractivity contribution in [3.63, 3.8) is 0 Å². The molecule has 0 aromatic heterocycles. The first-order valence-corrected chi connectivity index (χ1v) is 8.23. The largest absolute Gasteiger partial charge is 0.453 e. The minimum atomic E-state index is -0.613. The van der Waals surface area contributed by atoms with E-state index in [9.17, 15) is 9.90 Å². The molecule has 0 unspecified atom stereocenters. The zero-order chi connectivity index (χ0) is 16.9. The predicted octanol–water partition coefficient (Wildman–Crippen LogP) is 2.27. The van der Waals surface area contributed by atoms with Crippen molar-refractivity contribution in [3.8, 4) is 0 Å². The average molecular weight is 320 g/mol. The van der Waals surface area contributed by atoms with Crippen LogP contribution in [0.2, 0.25) is 0 Å². The number of aryl methyl sites for hydroxylation is 1. The monoisotopic (exact) mass is 320 g/mol. The summed E-state index contributed by atoms with van der Waals surface area (Å²) in [5, 5.41) is 9.78. The Kier molecular flexibility index (Phi) is 6.02. The summed E-state index contributed by atoms with van der Waals surface area (Å²) in [6.45, 7) is 7.77. The maximum atomic E-state index is 11.5. The first-order chi connectivity index (χ1) is 10.9. The summed E-state index contributed by atoms with van der Waals surface area (Å²) in [5.74, 6) is 0. The second-order valence-corrected chi connectivity index (χ2v) is 6.86. The first kappa shape index (κ1) is 17.8. The molecule has 5 heteroatoms. The van der Waals surface area contributed by atoms with E-state index in [0.717, 1.165) is 45.6 Å². The Labute approximate surface area is 138 Å². The summed E-state index contributed by atoms with van der Waals surface area (Å²) in [6.07, 6.45) is 1.42. The van der Waals surface area contributed by atoms with Gasteiger partial charge in [0.05, 0.1) is 12.7 Å². The van der Waals surface area contributed by atoms with E-state index in [1.807, 2.05) is 13.8 Å². The van der Waals surface area contributed by atoms with Crippen LogP contribution in [0.1, 0.15) is 31.4 Å². The lowest BCUT2D eigenvalue weighted by Crippen LogP contribution is -2.48. The Morgan fingerprint density at radius 1 is 1.13 bits per heavy atom. The van der Waals surface area contributed by atoms with Crippen LogP contribution in [0.4, 0.5) is 4.79 Å². The van der Waals surface area contributed by atoms with E-state index in [2.05, 4.69) is 29.2 Å². The van der Waals surface area contributed by atoms with Crippen LogP contribution in [0.3, 0.4) is 0 Å². The molecule has 0 spiro atoms. The highest BCUT2D eigenvalue weighted by atomic mass is 16.5. The van der Waals surface area contributed by atoms with E-state index >= 15 is 0 Å². The molecule has 1 heterocycles. The highest BCUT2D eigenvalue weighted by Crippen LogP contribution is 2.15. The molecular weight excluding hydrogens is 292 g/mol. The smallest absolute Gasteiger partial charge is 0.409 e. The summed E-state index contributed by atoms with van der Waals surface area (Å²) < 4.78 is 4.75. The third-order valence-corrected chi connectivity index (χ3v) is 4.26. The normalized spacial score (nSPS) is 16.4. The molecule has 1 aromatic carbocycles. The Morgan fingerprint density at radius 3 is 2.22 bits per heavy atom. The van der Waals surface area contributed by atoms with Gasteiger partial charge in [-0.15, -0.1) is 0 Å². The van der Waals surface area contributed by atoms with Crippen molar-refractivity contribution in [3.05, 3.63) is 35.4 Å². The molecule has 5 nitrogen and oxygen atoms in total. The fraction of sp³-hybridized carbons (Fsp3) is 0.611. The molecule has 23 heavy (non-hydrogen) atoms.